The Kier molecular flexibility index (Phi) is 12.2. The van der Waals surface area contributed by atoms with Gasteiger partial charge in [0.1, 0.15) is 9.84 Å². The monoisotopic (exact) mass is 337 g/mol. The molecule has 0 aliphatic rings. The summed E-state index contributed by atoms with van der Waals surface area (Å²) in [5.74, 6) is 0.873. The Morgan fingerprint density at radius 1 is 1.23 bits per heavy atom. The summed E-state index contributed by atoms with van der Waals surface area (Å²) < 4.78 is 32.5. The summed E-state index contributed by atoms with van der Waals surface area (Å²) in [5, 5.41) is 6.39. The van der Waals surface area contributed by atoms with Gasteiger partial charge in [-0.2, -0.15) is 0 Å². The quantitative estimate of drug-likeness (QED) is 0.305. The van der Waals surface area contributed by atoms with Crippen LogP contribution in [-0.2, 0) is 19.3 Å². The van der Waals surface area contributed by atoms with Crippen LogP contribution in [0.5, 0.6) is 0 Å². The third kappa shape index (κ3) is 14.1. The molecular formula is C14H31N3O4S. The Balaban J connectivity index is 3.71. The SMILES string of the molecule is CN=C(NCCCCOCCOC)NC(C)CCS(C)(=O)=O. The van der Waals surface area contributed by atoms with Gasteiger partial charge in [0, 0.05) is 39.6 Å². The molecule has 0 rings (SSSR count). The van der Waals surface area contributed by atoms with Gasteiger partial charge in [0.25, 0.3) is 0 Å². The predicted molar refractivity (Wildman–Crippen MR) is 90.2 cm³/mol. The Morgan fingerprint density at radius 2 is 1.95 bits per heavy atom. The minimum Gasteiger partial charge on any atom is -0.382 e. The number of guanidine groups is 1. The van der Waals surface area contributed by atoms with Gasteiger partial charge >= 0.3 is 0 Å². The number of hydrogen-bond acceptors (Lipinski definition) is 5. The van der Waals surface area contributed by atoms with E-state index in [0.717, 1.165) is 26.0 Å². The van der Waals surface area contributed by atoms with Gasteiger partial charge in [-0.05, 0) is 26.2 Å². The molecule has 0 aliphatic carbocycles. The third-order valence-corrected chi connectivity index (χ3v) is 3.95. The average molecular weight is 337 g/mol. The molecule has 0 heterocycles. The lowest BCUT2D eigenvalue weighted by atomic mass is 10.2. The zero-order valence-electron chi connectivity index (χ0n) is 14.2. The molecule has 22 heavy (non-hydrogen) atoms. The largest absolute Gasteiger partial charge is 0.382 e. The molecule has 7 nitrogen and oxygen atoms in total. The number of nitrogens with one attached hydrogen (secondary N) is 2. The molecule has 1 unspecified atom stereocenters. The van der Waals surface area contributed by atoms with E-state index in [-0.39, 0.29) is 11.8 Å². The van der Waals surface area contributed by atoms with Gasteiger partial charge in [-0.25, -0.2) is 8.42 Å². The molecule has 0 fully saturated rings. The smallest absolute Gasteiger partial charge is 0.191 e. The molecule has 0 aromatic rings. The molecule has 0 bridgehead atoms. The molecule has 0 spiro atoms. The number of nitrogens with zero attached hydrogens (tertiary/aromatic N) is 1. The standard InChI is InChI=1S/C14H31N3O4S/c1-13(7-12-22(4,18)19)17-14(15-2)16-8-5-6-9-21-11-10-20-3/h13H,5-12H2,1-4H3,(H2,15,16,17). The maximum atomic E-state index is 11.1. The van der Waals surface area contributed by atoms with E-state index in [1.54, 1.807) is 14.2 Å². The van der Waals surface area contributed by atoms with E-state index in [2.05, 4.69) is 15.6 Å². The van der Waals surface area contributed by atoms with Crippen molar-refractivity contribution in [1.29, 1.82) is 0 Å². The van der Waals surface area contributed by atoms with Crippen molar-refractivity contribution in [2.45, 2.75) is 32.2 Å². The summed E-state index contributed by atoms with van der Waals surface area (Å²) in [6, 6.07) is 0.0540. The first kappa shape index (κ1) is 21.1. The summed E-state index contributed by atoms with van der Waals surface area (Å²) in [6.45, 7) is 4.72. The van der Waals surface area contributed by atoms with Gasteiger partial charge < -0.3 is 20.1 Å². The summed E-state index contributed by atoms with van der Waals surface area (Å²) in [5.41, 5.74) is 0. The van der Waals surface area contributed by atoms with Crippen molar-refractivity contribution in [2.24, 2.45) is 4.99 Å². The van der Waals surface area contributed by atoms with Crippen molar-refractivity contribution in [2.75, 3.05) is 52.5 Å². The van der Waals surface area contributed by atoms with Crippen molar-refractivity contribution < 1.29 is 17.9 Å². The molecule has 132 valence electrons. The number of unbranched alkanes of at least 4 members (excludes halogenated alkanes) is 1. The lowest BCUT2D eigenvalue weighted by molar-refractivity contribution is 0.0689. The first-order chi connectivity index (χ1) is 10.4. The second kappa shape index (κ2) is 12.7. The number of aliphatic imine (C=N–C) groups is 1. The maximum absolute atomic E-state index is 11.1. The third-order valence-electron chi connectivity index (χ3n) is 2.97. The van der Waals surface area contributed by atoms with Gasteiger partial charge in [-0.1, -0.05) is 0 Å². The zero-order chi connectivity index (χ0) is 16.8. The van der Waals surface area contributed by atoms with Crippen LogP contribution in [0.2, 0.25) is 0 Å². The molecule has 2 N–H and O–H groups in total. The van der Waals surface area contributed by atoms with Crippen molar-refractivity contribution >= 4 is 15.8 Å². The first-order valence-corrected chi connectivity index (χ1v) is 9.66. The van der Waals surface area contributed by atoms with E-state index >= 15 is 0 Å². The fraction of sp³-hybridized carbons (Fsp3) is 0.929. The highest BCUT2D eigenvalue weighted by Crippen LogP contribution is 1.95. The highest BCUT2D eigenvalue weighted by Gasteiger charge is 2.09. The highest BCUT2D eigenvalue weighted by molar-refractivity contribution is 7.90. The van der Waals surface area contributed by atoms with Gasteiger partial charge in [0.05, 0.1) is 19.0 Å². The van der Waals surface area contributed by atoms with E-state index in [1.165, 1.54) is 6.26 Å². The highest BCUT2D eigenvalue weighted by atomic mass is 32.2. The molecule has 0 aromatic heterocycles. The van der Waals surface area contributed by atoms with Crippen LogP contribution in [-0.4, -0.2) is 73.0 Å². The Bertz CT molecular complexity index is 399. The molecule has 0 aromatic carbocycles. The normalized spacial score (nSPS) is 13.9. The van der Waals surface area contributed by atoms with Gasteiger partial charge in [0.2, 0.25) is 0 Å². The van der Waals surface area contributed by atoms with Crippen LogP contribution in [0.25, 0.3) is 0 Å². The van der Waals surface area contributed by atoms with Crippen molar-refractivity contribution in [3.8, 4) is 0 Å². The summed E-state index contributed by atoms with van der Waals surface area (Å²) in [7, 11) is 0.438. The van der Waals surface area contributed by atoms with Crippen molar-refractivity contribution in [3.05, 3.63) is 0 Å². The maximum Gasteiger partial charge on any atom is 0.191 e. The molecule has 0 amide bonds. The van der Waals surface area contributed by atoms with E-state index in [0.29, 0.717) is 25.6 Å². The van der Waals surface area contributed by atoms with Crippen LogP contribution >= 0.6 is 0 Å². The number of rotatable bonds is 12. The van der Waals surface area contributed by atoms with Crippen LogP contribution in [0.3, 0.4) is 0 Å². The van der Waals surface area contributed by atoms with E-state index in [1.807, 2.05) is 6.92 Å². The molecule has 0 radical (unpaired) electrons. The van der Waals surface area contributed by atoms with Gasteiger partial charge in [0.15, 0.2) is 5.96 Å². The van der Waals surface area contributed by atoms with Gasteiger partial charge in [-0.15, -0.1) is 0 Å². The van der Waals surface area contributed by atoms with E-state index < -0.39 is 9.84 Å². The Hall–Kier alpha value is -0.860. The lowest BCUT2D eigenvalue weighted by Gasteiger charge is -2.17. The molecule has 1 atom stereocenters. The van der Waals surface area contributed by atoms with Crippen LogP contribution in [0.1, 0.15) is 26.2 Å². The van der Waals surface area contributed by atoms with Crippen LogP contribution < -0.4 is 10.6 Å². The zero-order valence-corrected chi connectivity index (χ0v) is 15.0. The van der Waals surface area contributed by atoms with Crippen molar-refractivity contribution in [3.63, 3.8) is 0 Å². The summed E-state index contributed by atoms with van der Waals surface area (Å²) >= 11 is 0. The summed E-state index contributed by atoms with van der Waals surface area (Å²) in [4.78, 5) is 4.13. The van der Waals surface area contributed by atoms with Gasteiger partial charge in [-0.3, -0.25) is 4.99 Å². The van der Waals surface area contributed by atoms with E-state index in [4.69, 9.17) is 9.47 Å². The second-order valence-electron chi connectivity index (χ2n) is 5.28. The topological polar surface area (TPSA) is 89.0 Å². The number of ether oxygens (including phenoxy) is 2. The first-order valence-electron chi connectivity index (χ1n) is 7.60. The fourth-order valence-corrected chi connectivity index (χ4v) is 2.45. The number of hydrogen-bond donors (Lipinski definition) is 2. The minimum absolute atomic E-state index is 0.0540. The number of methoxy groups -OCH3 is 1. The Labute approximate surface area is 134 Å². The summed E-state index contributed by atoms with van der Waals surface area (Å²) in [6.07, 6.45) is 3.76. The van der Waals surface area contributed by atoms with E-state index in [9.17, 15) is 8.42 Å². The van der Waals surface area contributed by atoms with Crippen molar-refractivity contribution in [1.82, 2.24) is 10.6 Å². The van der Waals surface area contributed by atoms with Crippen LogP contribution in [0.15, 0.2) is 4.99 Å². The minimum atomic E-state index is -2.92. The molecule has 0 aliphatic heterocycles. The second-order valence-corrected chi connectivity index (χ2v) is 7.53. The molecule has 8 heteroatoms. The molecule has 0 saturated carbocycles. The average Bonchev–Trinajstić information content (AvgIpc) is 2.46. The molecule has 0 saturated heterocycles. The Morgan fingerprint density at radius 3 is 2.55 bits per heavy atom. The number of sulfone groups is 1. The lowest BCUT2D eigenvalue weighted by Crippen LogP contribution is -2.43. The van der Waals surface area contributed by atoms with Crippen LogP contribution in [0, 0.1) is 0 Å². The molecular weight excluding hydrogens is 306 g/mol. The fourth-order valence-electron chi connectivity index (χ4n) is 1.67. The predicted octanol–water partition coefficient (Wildman–Crippen LogP) is 0.418. The van der Waals surface area contributed by atoms with Crippen LogP contribution in [0.4, 0.5) is 0 Å².